The summed E-state index contributed by atoms with van der Waals surface area (Å²) < 4.78 is 13.1. The Kier molecular flexibility index (Phi) is 2.04. The largest absolute Gasteiger partial charge is 0.384 e. The van der Waals surface area contributed by atoms with Crippen molar-refractivity contribution in [2.75, 3.05) is 5.73 Å². The summed E-state index contributed by atoms with van der Waals surface area (Å²) in [5, 5.41) is 0. The molecule has 0 aliphatic rings. The van der Waals surface area contributed by atoms with Crippen LogP contribution in [0.25, 0.3) is 0 Å². The Bertz CT molecular complexity index is 289. The highest BCUT2D eigenvalue weighted by molar-refractivity contribution is 5.36. The van der Waals surface area contributed by atoms with E-state index in [1.807, 2.05) is 20.8 Å². The lowest BCUT2D eigenvalue weighted by Crippen LogP contribution is -2.14. The number of anilines is 1. The summed E-state index contributed by atoms with van der Waals surface area (Å²) in [7, 11) is 0. The zero-order valence-corrected chi connectivity index (χ0v) is 7.56. The molecule has 0 amide bonds. The SMILES string of the molecule is CC(C)(C)c1cc(N)ncc1F. The molecule has 66 valence electrons. The Balaban J connectivity index is 3.23. The first-order valence-electron chi connectivity index (χ1n) is 3.83. The normalized spacial score (nSPS) is 11.7. The third-order valence-corrected chi connectivity index (χ3v) is 1.68. The molecule has 0 saturated carbocycles. The van der Waals surface area contributed by atoms with Crippen molar-refractivity contribution >= 4 is 5.82 Å². The van der Waals surface area contributed by atoms with Crippen LogP contribution in [0.2, 0.25) is 0 Å². The number of nitrogens with zero attached hydrogens (tertiary/aromatic N) is 1. The summed E-state index contributed by atoms with van der Waals surface area (Å²) in [6.07, 6.45) is 1.16. The minimum atomic E-state index is -0.295. The predicted molar refractivity (Wildman–Crippen MR) is 47.3 cm³/mol. The molecule has 0 radical (unpaired) electrons. The van der Waals surface area contributed by atoms with Crippen LogP contribution in [-0.4, -0.2) is 4.98 Å². The molecule has 0 aromatic carbocycles. The lowest BCUT2D eigenvalue weighted by Gasteiger charge is -2.19. The minimum Gasteiger partial charge on any atom is -0.384 e. The second kappa shape index (κ2) is 2.73. The number of nitrogens with two attached hydrogens (primary N) is 1. The van der Waals surface area contributed by atoms with Crippen molar-refractivity contribution < 1.29 is 4.39 Å². The number of hydrogen-bond acceptors (Lipinski definition) is 2. The van der Waals surface area contributed by atoms with E-state index < -0.39 is 0 Å². The van der Waals surface area contributed by atoms with E-state index in [0.717, 1.165) is 6.20 Å². The molecule has 12 heavy (non-hydrogen) atoms. The number of pyridine rings is 1. The molecule has 0 aliphatic carbocycles. The summed E-state index contributed by atoms with van der Waals surface area (Å²) in [4.78, 5) is 3.66. The topological polar surface area (TPSA) is 38.9 Å². The highest BCUT2D eigenvalue weighted by atomic mass is 19.1. The quantitative estimate of drug-likeness (QED) is 0.644. The van der Waals surface area contributed by atoms with Crippen LogP contribution >= 0.6 is 0 Å². The highest BCUT2D eigenvalue weighted by Crippen LogP contribution is 2.25. The molecule has 0 aliphatic heterocycles. The van der Waals surface area contributed by atoms with Crippen LogP contribution in [0.1, 0.15) is 26.3 Å². The summed E-state index contributed by atoms with van der Waals surface area (Å²) in [5.41, 5.74) is 5.83. The number of halogens is 1. The van der Waals surface area contributed by atoms with E-state index in [-0.39, 0.29) is 11.2 Å². The van der Waals surface area contributed by atoms with Gasteiger partial charge in [0.2, 0.25) is 0 Å². The second-order valence-electron chi connectivity index (χ2n) is 3.84. The molecular formula is C9H13FN2. The first kappa shape index (κ1) is 8.97. The monoisotopic (exact) mass is 168 g/mol. The van der Waals surface area contributed by atoms with Crippen LogP contribution in [0.5, 0.6) is 0 Å². The van der Waals surface area contributed by atoms with Crippen LogP contribution in [0, 0.1) is 5.82 Å². The molecule has 1 aromatic rings. The molecule has 2 N–H and O–H groups in total. The van der Waals surface area contributed by atoms with Crippen LogP contribution in [0.15, 0.2) is 12.3 Å². The van der Waals surface area contributed by atoms with E-state index in [2.05, 4.69) is 4.98 Å². The average molecular weight is 168 g/mol. The molecular weight excluding hydrogens is 155 g/mol. The van der Waals surface area contributed by atoms with Crippen molar-refractivity contribution in [1.82, 2.24) is 4.98 Å². The summed E-state index contributed by atoms with van der Waals surface area (Å²) >= 11 is 0. The second-order valence-corrected chi connectivity index (χ2v) is 3.84. The third kappa shape index (κ3) is 1.72. The Morgan fingerprint density at radius 3 is 2.42 bits per heavy atom. The van der Waals surface area contributed by atoms with Crippen LogP contribution in [0.3, 0.4) is 0 Å². The van der Waals surface area contributed by atoms with E-state index in [4.69, 9.17) is 5.73 Å². The molecule has 1 aromatic heterocycles. The third-order valence-electron chi connectivity index (χ3n) is 1.68. The van der Waals surface area contributed by atoms with E-state index in [0.29, 0.717) is 11.4 Å². The fraction of sp³-hybridized carbons (Fsp3) is 0.444. The highest BCUT2D eigenvalue weighted by Gasteiger charge is 2.18. The van der Waals surface area contributed by atoms with Gasteiger partial charge in [0.05, 0.1) is 6.20 Å². The zero-order valence-electron chi connectivity index (χ0n) is 7.56. The maximum atomic E-state index is 13.1. The van der Waals surface area contributed by atoms with Gasteiger partial charge in [-0.15, -0.1) is 0 Å². The molecule has 0 saturated heterocycles. The van der Waals surface area contributed by atoms with E-state index in [1.165, 1.54) is 0 Å². The molecule has 0 unspecified atom stereocenters. The summed E-state index contributed by atoms with van der Waals surface area (Å²) in [6.45, 7) is 5.81. The smallest absolute Gasteiger partial charge is 0.145 e. The maximum Gasteiger partial charge on any atom is 0.145 e. The van der Waals surface area contributed by atoms with Gasteiger partial charge in [0, 0.05) is 0 Å². The average Bonchev–Trinajstić information content (AvgIpc) is 1.92. The summed E-state index contributed by atoms with van der Waals surface area (Å²) in [6, 6.07) is 1.58. The molecule has 0 fully saturated rings. The van der Waals surface area contributed by atoms with E-state index in [1.54, 1.807) is 6.07 Å². The zero-order chi connectivity index (χ0) is 9.35. The van der Waals surface area contributed by atoms with Crippen molar-refractivity contribution in [2.24, 2.45) is 0 Å². The van der Waals surface area contributed by atoms with Gasteiger partial charge in [-0.3, -0.25) is 0 Å². The van der Waals surface area contributed by atoms with Crippen molar-refractivity contribution in [3.63, 3.8) is 0 Å². The Labute approximate surface area is 71.6 Å². The number of nitrogen functional groups attached to an aromatic ring is 1. The van der Waals surface area contributed by atoms with Gasteiger partial charge in [-0.25, -0.2) is 9.37 Å². The first-order chi connectivity index (χ1) is 5.41. The van der Waals surface area contributed by atoms with Gasteiger partial charge in [-0.1, -0.05) is 20.8 Å². The van der Waals surface area contributed by atoms with Gasteiger partial charge < -0.3 is 5.73 Å². The van der Waals surface area contributed by atoms with Crippen molar-refractivity contribution in [1.29, 1.82) is 0 Å². The van der Waals surface area contributed by atoms with Crippen LogP contribution in [-0.2, 0) is 5.41 Å². The summed E-state index contributed by atoms with van der Waals surface area (Å²) in [5.74, 6) is 0.0676. The Morgan fingerprint density at radius 2 is 2.00 bits per heavy atom. The molecule has 1 heterocycles. The van der Waals surface area contributed by atoms with Crippen LogP contribution in [0.4, 0.5) is 10.2 Å². The van der Waals surface area contributed by atoms with Gasteiger partial charge in [-0.2, -0.15) is 0 Å². The van der Waals surface area contributed by atoms with E-state index >= 15 is 0 Å². The predicted octanol–water partition coefficient (Wildman–Crippen LogP) is 2.10. The Hall–Kier alpha value is -1.12. The van der Waals surface area contributed by atoms with Crippen molar-refractivity contribution in [2.45, 2.75) is 26.2 Å². The molecule has 1 rings (SSSR count). The molecule has 0 atom stereocenters. The van der Waals surface area contributed by atoms with Crippen LogP contribution < -0.4 is 5.73 Å². The van der Waals surface area contributed by atoms with E-state index in [9.17, 15) is 4.39 Å². The van der Waals surface area contributed by atoms with Gasteiger partial charge in [0.25, 0.3) is 0 Å². The fourth-order valence-electron chi connectivity index (χ4n) is 1.03. The standard InChI is InChI=1S/C9H13FN2/c1-9(2,3)6-4-8(11)12-5-7(6)10/h4-5H,1-3H3,(H2,11,12). The maximum absolute atomic E-state index is 13.1. The van der Waals surface area contributed by atoms with Crippen molar-refractivity contribution in [3.05, 3.63) is 23.6 Å². The van der Waals surface area contributed by atoms with Gasteiger partial charge in [-0.05, 0) is 17.0 Å². The Morgan fingerprint density at radius 1 is 1.42 bits per heavy atom. The van der Waals surface area contributed by atoms with Gasteiger partial charge >= 0.3 is 0 Å². The molecule has 3 heteroatoms. The minimum absolute atomic E-state index is 0.221. The number of hydrogen-bond donors (Lipinski definition) is 1. The van der Waals surface area contributed by atoms with Gasteiger partial charge in [0.15, 0.2) is 0 Å². The lowest BCUT2D eigenvalue weighted by molar-refractivity contribution is 0.520. The molecule has 2 nitrogen and oxygen atoms in total. The molecule has 0 bridgehead atoms. The first-order valence-corrected chi connectivity index (χ1v) is 3.83. The molecule has 0 spiro atoms. The van der Waals surface area contributed by atoms with Crippen molar-refractivity contribution in [3.8, 4) is 0 Å². The van der Waals surface area contributed by atoms with Gasteiger partial charge in [0.1, 0.15) is 11.6 Å². The fourth-order valence-corrected chi connectivity index (χ4v) is 1.03. The number of rotatable bonds is 0. The lowest BCUT2D eigenvalue weighted by atomic mass is 9.87. The number of aromatic nitrogens is 1.